The van der Waals surface area contributed by atoms with E-state index in [1.807, 2.05) is 0 Å². The van der Waals surface area contributed by atoms with Crippen LogP contribution in [-0.2, 0) is 14.3 Å². The zero-order chi connectivity index (χ0) is 48.7. The van der Waals surface area contributed by atoms with Crippen LogP contribution in [0.25, 0.3) is 0 Å². The Hall–Kier alpha value is -8.88. The van der Waals surface area contributed by atoms with Crippen LogP contribution < -0.4 is 9.47 Å². The first-order chi connectivity index (χ1) is 33.7. The van der Waals surface area contributed by atoms with Gasteiger partial charge >= 0.3 is 0 Å². The van der Waals surface area contributed by atoms with Crippen LogP contribution >= 0.6 is 0 Å². The van der Waals surface area contributed by atoms with Crippen LogP contribution in [-0.4, -0.2) is 57.5 Å². The lowest BCUT2D eigenvalue weighted by atomic mass is 9.69. The molecule has 14 nitrogen and oxygen atoms in total. The van der Waals surface area contributed by atoms with E-state index in [4.69, 9.17) is 14.2 Å². The van der Waals surface area contributed by atoms with Crippen molar-refractivity contribution in [2.24, 2.45) is 5.92 Å². The van der Waals surface area contributed by atoms with E-state index in [1.165, 1.54) is 84.9 Å². The Bertz CT molecular complexity index is 3290. The van der Waals surface area contributed by atoms with Gasteiger partial charge in [0.1, 0.15) is 69.7 Å². The molecule has 350 valence electrons. The van der Waals surface area contributed by atoms with Gasteiger partial charge in [-0.1, -0.05) is 48.5 Å². The Morgan fingerprint density at radius 2 is 0.757 bits per heavy atom. The van der Waals surface area contributed by atoms with Gasteiger partial charge in [0.05, 0.1) is 24.0 Å². The zero-order valence-electron chi connectivity index (χ0n) is 36.6. The molecule has 1 fully saturated rings. The Balaban J connectivity index is 1.20. The summed E-state index contributed by atoms with van der Waals surface area (Å²) < 4.78 is 20.7. The van der Waals surface area contributed by atoms with Crippen molar-refractivity contribution in [1.82, 2.24) is 0 Å². The minimum Gasteiger partial charge on any atom is -0.508 e. The number of Topliss-reactive ketones (excluding diaryl/α,β-unsaturated/α-hetero) is 1. The first kappa shape index (κ1) is 43.7. The minimum absolute atomic E-state index is 0.00474. The molecule has 1 saturated heterocycles. The molecule has 0 bridgehead atoms. The second-order valence-electron chi connectivity index (χ2n) is 18.0. The lowest BCUT2D eigenvalue weighted by Gasteiger charge is -2.31. The summed E-state index contributed by atoms with van der Waals surface area (Å²) in [5.74, 6) is -6.74. The standard InChI is InChI=1S/C56H42O14/c57-31-9-1-26(2-10-31)53-46(30-17-35(61)19-36(62)18-30)47-40(20-38(64)24-44(47)68-53)49-48-41(21-39(65)25-45(48)69-54(49)27-3-11-32(58)12-4-27)50-51(42-22-37(63)23-43(66)52(42)67)56(29-7-15-34(60)16-8-29)70-55(50)28-5-13-33(59)14-6-28/h1-25,46,49-51,53-62,64-66H. The van der Waals surface area contributed by atoms with Crippen molar-refractivity contribution in [2.75, 3.05) is 0 Å². The number of carbonyl (C=O) groups is 2. The maximum Gasteiger partial charge on any atom is 0.223 e. The number of aliphatic hydroxyl groups excluding tert-OH is 1. The maximum absolute atomic E-state index is 14.3. The SMILES string of the molecule is O=C1C=C(O)C(=O)C(C2C(c3ccc(O)cc3)OC(c3ccc(O)cc3)C2c2cc(O)cc3c2C(c2cc(O)cc4c2C(c2cc(O)cc(O)c2)C(c2ccc(O)cc2)O4)C(c2ccc(O)cc2)O3)=C1. The molecule has 70 heavy (non-hydrogen) atoms. The summed E-state index contributed by atoms with van der Waals surface area (Å²) in [6.07, 6.45) is -1.90. The van der Waals surface area contributed by atoms with E-state index in [1.54, 1.807) is 54.6 Å². The van der Waals surface area contributed by atoms with Crippen LogP contribution in [0, 0.1) is 5.92 Å². The average Bonchev–Trinajstić information content (AvgIpc) is 4.03. The van der Waals surface area contributed by atoms with Gasteiger partial charge in [-0.2, -0.15) is 0 Å². The number of hydrogen-bond donors (Lipinski definition) is 9. The van der Waals surface area contributed by atoms with Crippen molar-refractivity contribution in [3.8, 4) is 57.5 Å². The number of aromatic hydroxyl groups is 8. The van der Waals surface area contributed by atoms with E-state index in [-0.39, 0.29) is 63.1 Å². The number of carbonyl (C=O) groups excluding carboxylic acids is 2. The number of fused-ring (bicyclic) bond motifs is 2. The molecule has 3 aliphatic heterocycles. The first-order valence-corrected chi connectivity index (χ1v) is 22.3. The molecule has 14 heteroatoms. The van der Waals surface area contributed by atoms with Crippen molar-refractivity contribution in [2.45, 2.75) is 42.2 Å². The average molecular weight is 939 g/mol. The third-order valence-electron chi connectivity index (χ3n) is 13.7. The number of allylic oxidation sites excluding steroid dienone is 3. The number of ketones is 2. The number of rotatable bonds is 8. The van der Waals surface area contributed by atoms with E-state index < -0.39 is 65.4 Å². The molecule has 11 rings (SSSR count). The highest BCUT2D eigenvalue weighted by Gasteiger charge is 2.54. The summed E-state index contributed by atoms with van der Waals surface area (Å²) in [4.78, 5) is 27.7. The van der Waals surface area contributed by atoms with E-state index in [9.17, 15) is 55.5 Å². The summed E-state index contributed by atoms with van der Waals surface area (Å²) in [5.41, 5.74) is 4.33. The Labute approximate surface area is 398 Å². The summed E-state index contributed by atoms with van der Waals surface area (Å²) in [5, 5.41) is 98.1. The summed E-state index contributed by atoms with van der Waals surface area (Å²) in [6.45, 7) is 0. The van der Waals surface area contributed by atoms with Gasteiger partial charge < -0.3 is 60.2 Å². The first-order valence-electron chi connectivity index (χ1n) is 22.3. The van der Waals surface area contributed by atoms with Crippen molar-refractivity contribution in [3.63, 3.8) is 0 Å². The van der Waals surface area contributed by atoms with Gasteiger partial charge in [-0.25, -0.2) is 0 Å². The molecule has 7 aromatic carbocycles. The van der Waals surface area contributed by atoms with E-state index in [2.05, 4.69) is 0 Å². The van der Waals surface area contributed by atoms with Gasteiger partial charge in [0.25, 0.3) is 0 Å². The summed E-state index contributed by atoms with van der Waals surface area (Å²) in [6, 6.07) is 35.3. The largest absolute Gasteiger partial charge is 0.508 e. The highest BCUT2D eigenvalue weighted by molar-refractivity contribution is 6.19. The van der Waals surface area contributed by atoms with Crippen LogP contribution in [0.5, 0.6) is 57.5 Å². The summed E-state index contributed by atoms with van der Waals surface area (Å²) >= 11 is 0. The smallest absolute Gasteiger partial charge is 0.223 e. The number of hydrogen-bond acceptors (Lipinski definition) is 14. The maximum atomic E-state index is 14.3. The minimum atomic E-state index is -1.10. The van der Waals surface area contributed by atoms with Gasteiger partial charge in [-0.15, -0.1) is 0 Å². The van der Waals surface area contributed by atoms with Crippen molar-refractivity contribution >= 4 is 11.6 Å². The Morgan fingerprint density at radius 1 is 0.357 bits per heavy atom. The van der Waals surface area contributed by atoms with Crippen molar-refractivity contribution in [1.29, 1.82) is 0 Å². The molecule has 1 aliphatic carbocycles. The van der Waals surface area contributed by atoms with E-state index >= 15 is 0 Å². The van der Waals surface area contributed by atoms with Crippen LogP contribution in [0.2, 0.25) is 0 Å². The van der Waals surface area contributed by atoms with Gasteiger partial charge in [0.15, 0.2) is 11.5 Å². The van der Waals surface area contributed by atoms with Crippen LogP contribution in [0.3, 0.4) is 0 Å². The third kappa shape index (κ3) is 7.51. The molecule has 8 atom stereocenters. The predicted octanol–water partition coefficient (Wildman–Crippen LogP) is 9.60. The van der Waals surface area contributed by atoms with Gasteiger partial charge in [-0.3, -0.25) is 9.59 Å². The second-order valence-corrected chi connectivity index (χ2v) is 18.0. The van der Waals surface area contributed by atoms with Crippen molar-refractivity contribution < 1.29 is 69.8 Å². The number of ether oxygens (including phenoxy) is 3. The van der Waals surface area contributed by atoms with Gasteiger partial charge in [-0.05, 0) is 118 Å². The molecule has 3 heterocycles. The van der Waals surface area contributed by atoms with Gasteiger partial charge in [0, 0.05) is 52.8 Å². The van der Waals surface area contributed by atoms with Crippen LogP contribution in [0.4, 0.5) is 0 Å². The second kappa shape index (κ2) is 16.7. The Kier molecular flexibility index (Phi) is 10.4. The highest BCUT2D eigenvalue weighted by Crippen LogP contribution is 2.64. The number of phenolic OH excluding ortho intramolecular Hbond substituents is 8. The lowest BCUT2D eigenvalue weighted by molar-refractivity contribution is -0.118. The molecule has 7 aromatic rings. The molecular weight excluding hydrogens is 897 g/mol. The number of phenols is 8. The van der Waals surface area contributed by atoms with Gasteiger partial charge in [0.2, 0.25) is 5.78 Å². The molecule has 8 unspecified atom stereocenters. The molecule has 0 radical (unpaired) electrons. The fourth-order valence-corrected chi connectivity index (χ4v) is 10.9. The predicted molar refractivity (Wildman–Crippen MR) is 250 cm³/mol. The summed E-state index contributed by atoms with van der Waals surface area (Å²) in [7, 11) is 0. The Morgan fingerprint density at radius 3 is 1.24 bits per heavy atom. The van der Waals surface area contributed by atoms with Crippen molar-refractivity contribution in [3.05, 3.63) is 213 Å². The molecule has 0 aromatic heterocycles. The molecule has 0 spiro atoms. The topological polar surface area (TPSA) is 244 Å². The normalized spacial score (nSPS) is 23.5. The van der Waals surface area contributed by atoms with E-state index in [0.717, 1.165) is 12.2 Å². The number of aliphatic hydroxyl groups is 1. The quantitative estimate of drug-likeness (QED) is 0.0645. The molecule has 0 saturated carbocycles. The highest BCUT2D eigenvalue weighted by atomic mass is 16.5. The monoisotopic (exact) mass is 938 g/mol. The zero-order valence-corrected chi connectivity index (χ0v) is 36.6. The molecule has 0 amide bonds. The fraction of sp³-hybridized carbons (Fsp3) is 0.143. The molecule has 4 aliphatic rings. The molecule has 9 N–H and O–H groups in total. The fourth-order valence-electron chi connectivity index (χ4n) is 10.9. The number of benzene rings is 7. The van der Waals surface area contributed by atoms with E-state index in [0.29, 0.717) is 50.1 Å². The third-order valence-corrected chi connectivity index (χ3v) is 13.7. The van der Waals surface area contributed by atoms with Crippen LogP contribution in [0.15, 0.2) is 163 Å². The lowest BCUT2D eigenvalue weighted by Crippen LogP contribution is -2.27. The van der Waals surface area contributed by atoms with Crippen LogP contribution in [0.1, 0.15) is 92.2 Å². The molecular formula is C56H42O14.